The molecule has 1 N–H and O–H groups in total. The number of sulfonamides is 1. The molecule has 0 bridgehead atoms. The van der Waals surface area contributed by atoms with E-state index in [-0.39, 0.29) is 23.3 Å². The Morgan fingerprint density at radius 1 is 1.33 bits per heavy atom. The van der Waals surface area contributed by atoms with Gasteiger partial charge < -0.3 is 4.74 Å². The second-order valence-electron chi connectivity index (χ2n) is 4.83. The van der Waals surface area contributed by atoms with Crippen LogP contribution in [0.5, 0.6) is 5.75 Å². The molecule has 0 aliphatic heterocycles. The fourth-order valence-electron chi connectivity index (χ4n) is 1.76. The minimum Gasteiger partial charge on any atom is -0.435 e. The Morgan fingerprint density at radius 3 is 2.57 bits per heavy atom. The van der Waals surface area contributed by atoms with Gasteiger partial charge >= 0.3 is 6.61 Å². The van der Waals surface area contributed by atoms with Gasteiger partial charge in [-0.3, -0.25) is 0 Å². The number of benzene rings is 1. The predicted octanol–water partition coefficient (Wildman–Crippen LogP) is 3.14. The third-order valence-corrected chi connectivity index (χ3v) is 4.95. The van der Waals surface area contributed by atoms with Crippen LogP contribution in [0.15, 0.2) is 24.3 Å². The molecule has 1 aromatic rings. The van der Waals surface area contributed by atoms with Crippen LogP contribution in [0.25, 0.3) is 0 Å². The van der Waals surface area contributed by atoms with E-state index in [1.165, 1.54) is 18.2 Å². The van der Waals surface area contributed by atoms with Crippen LogP contribution in [-0.2, 0) is 10.0 Å². The molecule has 0 radical (unpaired) electrons. The van der Waals surface area contributed by atoms with Gasteiger partial charge in [-0.25, -0.2) is 13.1 Å². The molecule has 0 aliphatic carbocycles. The number of hydrogen-bond acceptors (Lipinski definition) is 3. The highest BCUT2D eigenvalue weighted by Gasteiger charge is 2.19. The van der Waals surface area contributed by atoms with Crippen LogP contribution >= 0.6 is 11.6 Å². The van der Waals surface area contributed by atoms with Gasteiger partial charge in [-0.05, 0) is 30.5 Å². The Hall–Kier alpha value is -0.920. The second kappa shape index (κ2) is 7.91. The average molecular weight is 342 g/mol. The summed E-state index contributed by atoms with van der Waals surface area (Å²) in [7, 11) is -3.50. The van der Waals surface area contributed by atoms with Gasteiger partial charge in [0.15, 0.2) is 0 Å². The molecule has 0 saturated carbocycles. The highest BCUT2D eigenvalue weighted by atomic mass is 35.5. The number of hydrogen-bond donors (Lipinski definition) is 1. The van der Waals surface area contributed by atoms with E-state index >= 15 is 0 Å². The van der Waals surface area contributed by atoms with E-state index < -0.39 is 22.7 Å². The Kier molecular flexibility index (Phi) is 6.83. The molecule has 1 aromatic carbocycles. The summed E-state index contributed by atoms with van der Waals surface area (Å²) >= 11 is 5.60. The Morgan fingerprint density at radius 2 is 2.00 bits per heavy atom. The minimum absolute atomic E-state index is 0.0114. The van der Waals surface area contributed by atoms with Crippen LogP contribution < -0.4 is 9.46 Å². The van der Waals surface area contributed by atoms with Crippen LogP contribution in [-0.4, -0.2) is 26.7 Å². The molecule has 4 nitrogen and oxygen atoms in total. The molecular weight excluding hydrogens is 324 g/mol. The van der Waals surface area contributed by atoms with Crippen molar-refractivity contribution in [2.75, 3.05) is 11.6 Å². The maximum absolute atomic E-state index is 12.2. The minimum atomic E-state index is -3.50. The molecule has 0 amide bonds. The molecule has 21 heavy (non-hydrogen) atoms. The Balaban J connectivity index is 2.77. The standard InChI is InChI=1S/C13H18ClF2NO3S/c1-9(7-14)8-21(18,19)17-10(2)11-4-3-5-12(6-11)20-13(15)16/h3-6,9-10,13,17H,7-8H2,1-2H3. The normalized spacial score (nSPS) is 15.0. The van der Waals surface area contributed by atoms with E-state index in [0.29, 0.717) is 5.56 Å². The summed E-state index contributed by atoms with van der Waals surface area (Å²) in [4.78, 5) is 0. The topological polar surface area (TPSA) is 55.4 Å². The van der Waals surface area contributed by atoms with E-state index in [2.05, 4.69) is 9.46 Å². The molecule has 0 heterocycles. The smallest absolute Gasteiger partial charge is 0.387 e. The first-order valence-corrected chi connectivity index (χ1v) is 8.53. The first-order chi connectivity index (χ1) is 9.73. The van der Waals surface area contributed by atoms with Gasteiger partial charge in [0.2, 0.25) is 10.0 Å². The van der Waals surface area contributed by atoms with Crippen LogP contribution in [0.4, 0.5) is 8.78 Å². The molecule has 8 heteroatoms. The first kappa shape index (κ1) is 18.1. The van der Waals surface area contributed by atoms with Crippen LogP contribution in [0.3, 0.4) is 0 Å². The summed E-state index contributed by atoms with van der Waals surface area (Å²) in [6.45, 7) is 0.440. The van der Waals surface area contributed by atoms with Gasteiger partial charge in [-0.2, -0.15) is 8.78 Å². The quantitative estimate of drug-likeness (QED) is 0.739. The summed E-state index contributed by atoms with van der Waals surface area (Å²) in [5.41, 5.74) is 0.537. The number of alkyl halides is 3. The fourth-order valence-corrected chi connectivity index (χ4v) is 3.64. The molecule has 0 spiro atoms. The van der Waals surface area contributed by atoms with E-state index in [0.717, 1.165) is 0 Å². The van der Waals surface area contributed by atoms with Gasteiger partial charge in [0, 0.05) is 11.9 Å². The number of rotatable bonds is 8. The van der Waals surface area contributed by atoms with Crippen molar-refractivity contribution in [1.29, 1.82) is 0 Å². The zero-order valence-corrected chi connectivity index (χ0v) is 13.3. The Labute approximate surface area is 128 Å². The molecule has 0 aliphatic rings. The molecule has 0 fully saturated rings. The third-order valence-electron chi connectivity index (χ3n) is 2.71. The van der Waals surface area contributed by atoms with E-state index in [1.54, 1.807) is 19.9 Å². The summed E-state index contributed by atoms with van der Waals surface area (Å²) in [6, 6.07) is 5.37. The van der Waals surface area contributed by atoms with Crippen LogP contribution in [0, 0.1) is 5.92 Å². The van der Waals surface area contributed by atoms with Crippen molar-refractivity contribution < 1.29 is 21.9 Å². The maximum Gasteiger partial charge on any atom is 0.387 e. The summed E-state index contributed by atoms with van der Waals surface area (Å²) in [5.74, 6) is -0.0336. The van der Waals surface area contributed by atoms with Gasteiger partial charge in [0.1, 0.15) is 5.75 Å². The largest absolute Gasteiger partial charge is 0.435 e. The van der Waals surface area contributed by atoms with Gasteiger partial charge in [0.25, 0.3) is 0 Å². The first-order valence-electron chi connectivity index (χ1n) is 6.34. The van der Waals surface area contributed by atoms with Gasteiger partial charge in [-0.1, -0.05) is 19.1 Å². The van der Waals surface area contributed by atoms with Crippen molar-refractivity contribution in [3.05, 3.63) is 29.8 Å². The molecule has 1 rings (SSSR count). The highest BCUT2D eigenvalue weighted by Crippen LogP contribution is 2.21. The van der Waals surface area contributed by atoms with Crippen molar-refractivity contribution in [2.24, 2.45) is 5.92 Å². The van der Waals surface area contributed by atoms with Crippen LogP contribution in [0.1, 0.15) is 25.5 Å². The summed E-state index contributed by atoms with van der Waals surface area (Å²) < 4.78 is 54.9. The fraction of sp³-hybridized carbons (Fsp3) is 0.538. The van der Waals surface area contributed by atoms with Crippen molar-refractivity contribution in [3.63, 3.8) is 0 Å². The lowest BCUT2D eigenvalue weighted by Gasteiger charge is -2.17. The van der Waals surface area contributed by atoms with Crippen molar-refractivity contribution in [1.82, 2.24) is 4.72 Å². The van der Waals surface area contributed by atoms with Crippen molar-refractivity contribution in [2.45, 2.75) is 26.5 Å². The van der Waals surface area contributed by atoms with E-state index in [9.17, 15) is 17.2 Å². The Bertz CT molecular complexity index is 554. The van der Waals surface area contributed by atoms with Crippen molar-refractivity contribution >= 4 is 21.6 Å². The molecule has 2 unspecified atom stereocenters. The molecule has 2 atom stereocenters. The van der Waals surface area contributed by atoms with Crippen molar-refractivity contribution in [3.8, 4) is 5.75 Å². The monoisotopic (exact) mass is 341 g/mol. The van der Waals surface area contributed by atoms with E-state index in [1.807, 2.05) is 0 Å². The van der Waals surface area contributed by atoms with Gasteiger partial charge in [0.05, 0.1) is 5.75 Å². The second-order valence-corrected chi connectivity index (χ2v) is 6.94. The number of ether oxygens (including phenoxy) is 1. The SMILES string of the molecule is CC(CCl)CS(=O)(=O)NC(C)c1cccc(OC(F)F)c1. The lowest BCUT2D eigenvalue weighted by Crippen LogP contribution is -2.31. The third kappa shape index (κ3) is 6.58. The zero-order chi connectivity index (χ0) is 16.0. The molecule has 120 valence electrons. The zero-order valence-electron chi connectivity index (χ0n) is 11.7. The van der Waals surface area contributed by atoms with Gasteiger partial charge in [-0.15, -0.1) is 11.6 Å². The summed E-state index contributed by atoms with van der Waals surface area (Å²) in [5, 5.41) is 0. The average Bonchev–Trinajstić information content (AvgIpc) is 2.36. The predicted molar refractivity (Wildman–Crippen MR) is 78.3 cm³/mol. The van der Waals surface area contributed by atoms with Crippen LogP contribution in [0.2, 0.25) is 0 Å². The van der Waals surface area contributed by atoms with E-state index in [4.69, 9.17) is 11.6 Å². The highest BCUT2D eigenvalue weighted by molar-refractivity contribution is 7.89. The molecule has 0 saturated heterocycles. The lowest BCUT2D eigenvalue weighted by atomic mass is 10.1. The number of halogens is 3. The number of nitrogens with one attached hydrogen (secondary N) is 1. The summed E-state index contributed by atoms with van der Waals surface area (Å²) in [6.07, 6.45) is 0. The molecule has 0 aromatic heterocycles. The molecular formula is C13H18ClF2NO3S. The lowest BCUT2D eigenvalue weighted by molar-refractivity contribution is -0.0499. The maximum atomic E-state index is 12.2.